The van der Waals surface area contributed by atoms with Crippen molar-refractivity contribution in [1.29, 1.82) is 0 Å². The summed E-state index contributed by atoms with van der Waals surface area (Å²) >= 11 is 0. The number of rotatable bonds is 11. The van der Waals surface area contributed by atoms with Crippen LogP contribution in [0.4, 0.5) is 20.5 Å². The fraction of sp³-hybridized carbons (Fsp3) is 0.393. The number of nitrogens with one attached hydrogen (secondary N) is 1. The fourth-order valence-corrected chi connectivity index (χ4v) is 4.75. The first-order chi connectivity index (χ1) is 19.9. The van der Waals surface area contributed by atoms with Gasteiger partial charge < -0.3 is 25.0 Å². The molecule has 0 spiro atoms. The number of aromatic nitrogens is 5. The second-order valence-electron chi connectivity index (χ2n) is 9.66. The van der Waals surface area contributed by atoms with Crippen molar-refractivity contribution in [2.45, 2.75) is 32.4 Å². The van der Waals surface area contributed by atoms with E-state index in [2.05, 4.69) is 25.3 Å². The van der Waals surface area contributed by atoms with E-state index in [1.54, 1.807) is 54.5 Å². The fourth-order valence-electron chi connectivity index (χ4n) is 4.75. The molecule has 0 aliphatic carbocycles. The van der Waals surface area contributed by atoms with E-state index in [0.717, 1.165) is 5.56 Å². The minimum atomic E-state index is -2.84. The van der Waals surface area contributed by atoms with Crippen LogP contribution in [0, 0.1) is 0 Å². The molecule has 0 bridgehead atoms. The molecule has 0 radical (unpaired) electrons. The van der Waals surface area contributed by atoms with Gasteiger partial charge in [0.1, 0.15) is 17.7 Å². The van der Waals surface area contributed by atoms with E-state index in [9.17, 15) is 18.7 Å². The first-order valence-electron chi connectivity index (χ1n) is 13.5. The lowest BCUT2D eigenvalue weighted by molar-refractivity contribution is -0.132. The van der Waals surface area contributed by atoms with Gasteiger partial charge in [0.05, 0.1) is 24.2 Å². The molecule has 3 aromatic heterocycles. The van der Waals surface area contributed by atoms with Gasteiger partial charge >= 0.3 is 0 Å². The lowest BCUT2D eigenvalue weighted by Gasteiger charge is -2.29. The largest absolute Gasteiger partial charge is 0.396 e. The Kier molecular flexibility index (Phi) is 8.95. The average Bonchev–Trinajstić information content (AvgIpc) is 3.40. The third-order valence-corrected chi connectivity index (χ3v) is 6.78. The van der Waals surface area contributed by atoms with Crippen LogP contribution >= 0.6 is 0 Å². The van der Waals surface area contributed by atoms with Crippen LogP contribution < -0.4 is 10.2 Å². The van der Waals surface area contributed by atoms with Crippen LogP contribution in [0.1, 0.15) is 31.2 Å². The van der Waals surface area contributed by atoms with Gasteiger partial charge in [0, 0.05) is 51.2 Å². The normalized spacial score (nSPS) is 14.4. The number of para-hydroxylation sites is 2. The van der Waals surface area contributed by atoms with Crippen molar-refractivity contribution in [2.24, 2.45) is 0 Å². The number of anilines is 2. The number of ether oxygens (including phenoxy) is 1. The summed E-state index contributed by atoms with van der Waals surface area (Å²) in [6.07, 6.45) is 0.896. The summed E-state index contributed by atoms with van der Waals surface area (Å²) in [6, 6.07) is 11.4. The molecule has 4 heterocycles. The van der Waals surface area contributed by atoms with Gasteiger partial charge in [0.2, 0.25) is 11.9 Å². The van der Waals surface area contributed by atoms with Crippen LogP contribution in [0.5, 0.6) is 0 Å². The number of amides is 1. The van der Waals surface area contributed by atoms with Crippen molar-refractivity contribution in [3.05, 3.63) is 66.2 Å². The van der Waals surface area contributed by atoms with Crippen molar-refractivity contribution in [3.8, 4) is 5.82 Å². The number of morpholine rings is 1. The number of benzene rings is 1. The Hall–Kier alpha value is -4.23. The molecule has 0 unspecified atom stereocenters. The summed E-state index contributed by atoms with van der Waals surface area (Å²) in [7, 11) is 0. The first-order valence-corrected chi connectivity index (χ1v) is 13.5. The van der Waals surface area contributed by atoms with Gasteiger partial charge in [-0.25, -0.2) is 13.8 Å². The third kappa shape index (κ3) is 6.57. The number of carbonyl (C=O) groups is 1. The molecule has 2 N–H and O–H groups in total. The van der Waals surface area contributed by atoms with Crippen molar-refractivity contribution < 1.29 is 23.4 Å². The summed E-state index contributed by atoms with van der Waals surface area (Å²) in [6.45, 7) is 4.47. The zero-order valence-electron chi connectivity index (χ0n) is 22.7. The lowest BCUT2D eigenvalue weighted by atomic mass is 10.2. The van der Waals surface area contributed by atoms with Crippen LogP contribution in [-0.2, 0) is 16.1 Å². The van der Waals surface area contributed by atoms with Gasteiger partial charge in [0.15, 0.2) is 5.82 Å². The van der Waals surface area contributed by atoms with Crippen LogP contribution in [0.3, 0.4) is 0 Å². The predicted octanol–water partition coefficient (Wildman–Crippen LogP) is 3.20. The summed E-state index contributed by atoms with van der Waals surface area (Å²) < 4.78 is 35.1. The number of fused-ring (bicyclic) bond motifs is 1. The Morgan fingerprint density at radius 1 is 1.10 bits per heavy atom. The van der Waals surface area contributed by atoms with Crippen LogP contribution in [0.2, 0.25) is 0 Å². The minimum absolute atomic E-state index is 0.0542. The number of halogens is 2. The Bertz CT molecular complexity index is 1460. The molecular weight excluding hydrogens is 534 g/mol. The molecule has 13 heteroatoms. The number of nitrogens with zero attached hydrogens (tertiary/aromatic N) is 7. The molecule has 1 saturated heterocycles. The number of pyridine rings is 1. The SMILES string of the molecule is C[C@H](Nc1nc(N2CCOCC2)cc(-n2c(C(F)F)nc3ccccc32)n1)C(=O)N(CCCO)Cc1ccncc1. The highest BCUT2D eigenvalue weighted by Gasteiger charge is 2.25. The Balaban J connectivity index is 1.49. The molecule has 1 aliphatic rings. The second-order valence-corrected chi connectivity index (χ2v) is 9.66. The predicted molar refractivity (Wildman–Crippen MR) is 149 cm³/mol. The van der Waals surface area contributed by atoms with Gasteiger partial charge in [0.25, 0.3) is 6.43 Å². The molecule has 5 rings (SSSR count). The molecule has 1 aliphatic heterocycles. The molecular formula is C28H32F2N8O3. The lowest BCUT2D eigenvalue weighted by Crippen LogP contribution is -2.42. The number of alkyl halides is 2. The monoisotopic (exact) mass is 566 g/mol. The van der Waals surface area contributed by atoms with Crippen molar-refractivity contribution in [3.63, 3.8) is 0 Å². The van der Waals surface area contributed by atoms with Crippen LogP contribution in [0.25, 0.3) is 16.9 Å². The molecule has 1 atom stereocenters. The molecule has 41 heavy (non-hydrogen) atoms. The smallest absolute Gasteiger partial charge is 0.296 e. The maximum absolute atomic E-state index is 14.2. The Morgan fingerprint density at radius 3 is 2.56 bits per heavy atom. The highest BCUT2D eigenvalue weighted by Crippen LogP contribution is 2.29. The number of hydrogen-bond donors (Lipinski definition) is 2. The van der Waals surface area contributed by atoms with Gasteiger partial charge in [-0.3, -0.25) is 14.3 Å². The summed E-state index contributed by atoms with van der Waals surface area (Å²) in [4.78, 5) is 34.6. The van der Waals surface area contributed by atoms with Crippen LogP contribution in [0.15, 0.2) is 54.9 Å². The number of imidazole rings is 1. The van der Waals surface area contributed by atoms with Crippen molar-refractivity contribution in [1.82, 2.24) is 29.4 Å². The third-order valence-electron chi connectivity index (χ3n) is 6.78. The number of aliphatic hydroxyl groups is 1. The Morgan fingerprint density at radius 2 is 1.83 bits per heavy atom. The maximum atomic E-state index is 14.2. The zero-order chi connectivity index (χ0) is 28.8. The number of hydrogen-bond acceptors (Lipinski definition) is 9. The topological polar surface area (TPSA) is 122 Å². The highest BCUT2D eigenvalue weighted by molar-refractivity contribution is 5.84. The molecule has 0 saturated carbocycles. The van der Waals surface area contributed by atoms with E-state index in [-0.39, 0.29) is 24.3 Å². The molecule has 1 amide bonds. The first kappa shape index (κ1) is 28.3. The van der Waals surface area contributed by atoms with Gasteiger partial charge in [-0.1, -0.05) is 12.1 Å². The summed E-state index contributed by atoms with van der Waals surface area (Å²) in [5.74, 6) is 0.196. The van der Waals surface area contributed by atoms with Crippen molar-refractivity contribution >= 4 is 28.7 Å². The standard InChI is InChI=1S/C28H32F2N8O3/c1-19(27(40)37(11-4-14-39)18-20-7-9-31-10-8-20)32-28-34-23(36-12-15-41-16-13-36)17-24(35-28)38-22-6-3-2-5-21(22)33-26(38)25(29)30/h2-3,5-10,17,19,25,39H,4,11-16,18H2,1H3,(H,32,34,35)/t19-/m0/s1. The van der Waals surface area contributed by atoms with Crippen molar-refractivity contribution in [2.75, 3.05) is 49.7 Å². The quantitative estimate of drug-likeness (QED) is 0.282. The molecule has 1 aromatic carbocycles. The molecule has 216 valence electrons. The van der Waals surface area contributed by atoms with Gasteiger partial charge in [-0.2, -0.15) is 9.97 Å². The summed E-state index contributed by atoms with van der Waals surface area (Å²) in [5, 5.41) is 12.5. The summed E-state index contributed by atoms with van der Waals surface area (Å²) in [5.41, 5.74) is 1.80. The van der Waals surface area contributed by atoms with Gasteiger partial charge in [-0.15, -0.1) is 0 Å². The van der Waals surface area contributed by atoms with Gasteiger partial charge in [-0.05, 0) is 43.2 Å². The molecule has 1 fully saturated rings. The van der Waals surface area contributed by atoms with E-state index in [0.29, 0.717) is 62.7 Å². The maximum Gasteiger partial charge on any atom is 0.296 e. The van der Waals surface area contributed by atoms with E-state index in [1.807, 2.05) is 17.0 Å². The average molecular weight is 567 g/mol. The Labute approximate surface area is 235 Å². The number of carbonyl (C=O) groups excluding carboxylic acids is 1. The van der Waals surface area contributed by atoms with E-state index >= 15 is 0 Å². The number of aliphatic hydroxyl groups excluding tert-OH is 1. The van der Waals surface area contributed by atoms with E-state index in [1.165, 1.54) is 4.57 Å². The highest BCUT2D eigenvalue weighted by atomic mass is 19.3. The zero-order valence-corrected chi connectivity index (χ0v) is 22.7. The minimum Gasteiger partial charge on any atom is -0.396 e. The van der Waals surface area contributed by atoms with E-state index < -0.39 is 18.3 Å². The molecule has 11 nitrogen and oxygen atoms in total. The van der Waals surface area contributed by atoms with Crippen LogP contribution in [-0.4, -0.2) is 85.9 Å². The molecule has 4 aromatic rings. The van der Waals surface area contributed by atoms with E-state index in [4.69, 9.17) is 4.74 Å². The second kappa shape index (κ2) is 13.0.